The standard InChI is InChI=1S/C14H11N3O4S/c1-9(18)15-11-7-8-12(14-13(11)16-21-17-14)22(19,20)10-5-3-2-4-6-10/h2-8H,1H3,(H,15,18). The molecule has 8 heteroatoms. The van der Waals surface area contributed by atoms with Crippen LogP contribution in [0.15, 0.2) is 56.9 Å². The Bertz CT molecular complexity index is 949. The SMILES string of the molecule is CC(=O)Nc1ccc(S(=O)(=O)c2ccccc2)c2nonc12. The Labute approximate surface area is 125 Å². The van der Waals surface area contributed by atoms with Gasteiger partial charge in [0.1, 0.15) is 4.90 Å². The molecule has 3 aromatic rings. The van der Waals surface area contributed by atoms with Gasteiger partial charge in [-0.15, -0.1) is 0 Å². The maximum absolute atomic E-state index is 12.7. The summed E-state index contributed by atoms with van der Waals surface area (Å²) in [5, 5.41) is 9.89. The summed E-state index contributed by atoms with van der Waals surface area (Å²) in [5.41, 5.74) is 0.609. The fourth-order valence-electron chi connectivity index (χ4n) is 2.08. The maximum Gasteiger partial charge on any atom is 0.221 e. The van der Waals surface area contributed by atoms with E-state index in [0.717, 1.165) is 0 Å². The molecule has 0 aliphatic heterocycles. The molecule has 0 bridgehead atoms. The molecule has 1 aromatic heterocycles. The number of aromatic nitrogens is 2. The molecular formula is C14H11N3O4S. The molecule has 1 N–H and O–H groups in total. The van der Waals surface area contributed by atoms with E-state index in [1.165, 1.54) is 31.2 Å². The summed E-state index contributed by atoms with van der Waals surface area (Å²) in [5.74, 6) is -0.303. The molecule has 0 unspecified atom stereocenters. The number of nitrogens with zero attached hydrogens (tertiary/aromatic N) is 2. The van der Waals surface area contributed by atoms with Crippen molar-refractivity contribution in [3.63, 3.8) is 0 Å². The summed E-state index contributed by atoms with van der Waals surface area (Å²) >= 11 is 0. The van der Waals surface area contributed by atoms with Crippen LogP contribution in [0.1, 0.15) is 6.92 Å². The van der Waals surface area contributed by atoms with Crippen LogP contribution < -0.4 is 5.32 Å². The van der Waals surface area contributed by atoms with Crippen molar-refractivity contribution in [2.45, 2.75) is 16.7 Å². The lowest BCUT2D eigenvalue weighted by Crippen LogP contribution is -2.08. The number of carbonyl (C=O) groups is 1. The van der Waals surface area contributed by atoms with Crippen molar-refractivity contribution in [2.75, 3.05) is 5.32 Å². The molecule has 1 heterocycles. The van der Waals surface area contributed by atoms with Crippen LogP contribution in [0, 0.1) is 0 Å². The third-order valence-electron chi connectivity index (χ3n) is 3.03. The molecule has 0 fully saturated rings. The summed E-state index contributed by atoms with van der Waals surface area (Å²) in [6, 6.07) is 10.8. The van der Waals surface area contributed by atoms with Crippen LogP contribution >= 0.6 is 0 Å². The minimum atomic E-state index is -3.76. The van der Waals surface area contributed by atoms with E-state index in [9.17, 15) is 13.2 Å². The zero-order chi connectivity index (χ0) is 15.7. The molecule has 3 rings (SSSR count). The van der Waals surface area contributed by atoms with E-state index in [1.54, 1.807) is 18.2 Å². The van der Waals surface area contributed by atoms with E-state index in [4.69, 9.17) is 0 Å². The van der Waals surface area contributed by atoms with Gasteiger partial charge < -0.3 is 5.32 Å². The highest BCUT2D eigenvalue weighted by Crippen LogP contribution is 2.30. The monoisotopic (exact) mass is 317 g/mol. The number of fused-ring (bicyclic) bond motifs is 1. The van der Waals surface area contributed by atoms with Gasteiger partial charge in [-0.3, -0.25) is 4.79 Å². The van der Waals surface area contributed by atoms with Crippen molar-refractivity contribution in [2.24, 2.45) is 0 Å². The molecule has 0 saturated heterocycles. The number of carbonyl (C=O) groups excluding carboxylic acids is 1. The van der Waals surface area contributed by atoms with Gasteiger partial charge >= 0.3 is 0 Å². The second-order valence-electron chi connectivity index (χ2n) is 4.57. The van der Waals surface area contributed by atoms with Crippen molar-refractivity contribution in [3.8, 4) is 0 Å². The average Bonchev–Trinajstić information content (AvgIpc) is 2.97. The van der Waals surface area contributed by atoms with Gasteiger partial charge in [0.15, 0.2) is 11.0 Å². The van der Waals surface area contributed by atoms with Gasteiger partial charge in [-0.1, -0.05) is 18.2 Å². The van der Waals surface area contributed by atoms with Gasteiger partial charge in [0.05, 0.1) is 10.6 Å². The highest BCUT2D eigenvalue weighted by atomic mass is 32.2. The Morgan fingerprint density at radius 3 is 2.41 bits per heavy atom. The van der Waals surface area contributed by atoms with E-state index in [1.807, 2.05) is 0 Å². The van der Waals surface area contributed by atoms with E-state index in [-0.39, 0.29) is 26.7 Å². The topological polar surface area (TPSA) is 102 Å². The van der Waals surface area contributed by atoms with Crippen LogP contribution in [0.5, 0.6) is 0 Å². The molecule has 2 aromatic carbocycles. The smallest absolute Gasteiger partial charge is 0.221 e. The van der Waals surface area contributed by atoms with Crippen molar-refractivity contribution >= 4 is 32.5 Å². The Kier molecular flexibility index (Phi) is 3.38. The minimum absolute atomic E-state index is 0.0240. The zero-order valence-electron chi connectivity index (χ0n) is 11.5. The number of sulfone groups is 1. The van der Waals surface area contributed by atoms with Crippen LogP contribution in [0.25, 0.3) is 11.0 Å². The number of benzene rings is 2. The van der Waals surface area contributed by atoms with Crippen molar-refractivity contribution in [3.05, 3.63) is 42.5 Å². The van der Waals surface area contributed by atoms with Crippen molar-refractivity contribution in [1.82, 2.24) is 10.3 Å². The number of rotatable bonds is 3. The first-order valence-electron chi connectivity index (χ1n) is 6.33. The first-order valence-corrected chi connectivity index (χ1v) is 7.81. The third kappa shape index (κ3) is 2.33. The zero-order valence-corrected chi connectivity index (χ0v) is 12.3. The summed E-state index contributed by atoms with van der Waals surface area (Å²) in [6.45, 7) is 1.34. The fraction of sp³-hybridized carbons (Fsp3) is 0.0714. The second-order valence-corrected chi connectivity index (χ2v) is 6.49. The third-order valence-corrected chi connectivity index (χ3v) is 4.83. The summed E-state index contributed by atoms with van der Waals surface area (Å²) in [7, 11) is -3.76. The molecule has 112 valence electrons. The lowest BCUT2D eigenvalue weighted by Gasteiger charge is -2.07. The predicted molar refractivity (Wildman–Crippen MR) is 78.0 cm³/mol. The summed E-state index contributed by atoms with van der Waals surface area (Å²) < 4.78 is 30.0. The Morgan fingerprint density at radius 2 is 1.73 bits per heavy atom. The molecule has 1 amide bonds. The number of anilines is 1. The van der Waals surface area contributed by atoms with Gasteiger partial charge in [-0.05, 0) is 34.6 Å². The van der Waals surface area contributed by atoms with Crippen LogP contribution in [0.2, 0.25) is 0 Å². The fourth-order valence-corrected chi connectivity index (χ4v) is 3.48. The second kappa shape index (κ2) is 5.23. The molecule has 0 radical (unpaired) electrons. The van der Waals surface area contributed by atoms with Gasteiger partial charge in [0.2, 0.25) is 15.7 Å². The maximum atomic E-state index is 12.7. The van der Waals surface area contributed by atoms with Gasteiger partial charge in [-0.25, -0.2) is 13.0 Å². The normalized spacial score (nSPS) is 11.5. The van der Waals surface area contributed by atoms with E-state index < -0.39 is 9.84 Å². The molecule has 0 spiro atoms. The molecular weight excluding hydrogens is 306 g/mol. The largest absolute Gasteiger partial charge is 0.324 e. The van der Waals surface area contributed by atoms with Crippen LogP contribution in [-0.2, 0) is 14.6 Å². The minimum Gasteiger partial charge on any atom is -0.324 e. The first kappa shape index (κ1) is 14.2. The summed E-state index contributed by atoms with van der Waals surface area (Å²) in [6.07, 6.45) is 0. The van der Waals surface area contributed by atoms with Gasteiger partial charge in [0, 0.05) is 6.92 Å². The molecule has 0 aliphatic rings. The predicted octanol–water partition coefficient (Wildman–Crippen LogP) is 2.01. The van der Waals surface area contributed by atoms with Crippen molar-refractivity contribution < 1.29 is 17.8 Å². The van der Waals surface area contributed by atoms with E-state index >= 15 is 0 Å². The lowest BCUT2D eigenvalue weighted by atomic mass is 10.2. The van der Waals surface area contributed by atoms with Crippen molar-refractivity contribution in [1.29, 1.82) is 0 Å². The molecule has 0 saturated carbocycles. The quantitative estimate of drug-likeness (QED) is 0.793. The summed E-state index contributed by atoms with van der Waals surface area (Å²) in [4.78, 5) is 11.3. The number of hydrogen-bond donors (Lipinski definition) is 1. The Hall–Kier alpha value is -2.74. The number of nitrogens with one attached hydrogen (secondary N) is 1. The van der Waals surface area contributed by atoms with Crippen LogP contribution in [-0.4, -0.2) is 24.6 Å². The molecule has 7 nitrogen and oxygen atoms in total. The van der Waals surface area contributed by atoms with Gasteiger partial charge in [-0.2, -0.15) is 0 Å². The Morgan fingerprint density at radius 1 is 1.05 bits per heavy atom. The highest BCUT2D eigenvalue weighted by Gasteiger charge is 2.24. The van der Waals surface area contributed by atoms with Crippen LogP contribution in [0.3, 0.4) is 0 Å². The van der Waals surface area contributed by atoms with E-state index in [0.29, 0.717) is 5.69 Å². The lowest BCUT2D eigenvalue weighted by molar-refractivity contribution is -0.114. The first-order chi connectivity index (χ1) is 10.5. The Balaban J connectivity index is 2.21. The van der Waals surface area contributed by atoms with Gasteiger partial charge in [0.25, 0.3) is 0 Å². The highest BCUT2D eigenvalue weighted by molar-refractivity contribution is 7.91. The number of amides is 1. The van der Waals surface area contributed by atoms with Crippen LogP contribution in [0.4, 0.5) is 5.69 Å². The molecule has 22 heavy (non-hydrogen) atoms. The molecule has 0 atom stereocenters. The number of hydrogen-bond acceptors (Lipinski definition) is 6. The van der Waals surface area contributed by atoms with E-state index in [2.05, 4.69) is 20.3 Å². The molecule has 0 aliphatic carbocycles. The average molecular weight is 317 g/mol.